The van der Waals surface area contributed by atoms with E-state index in [0.717, 1.165) is 24.1 Å². The summed E-state index contributed by atoms with van der Waals surface area (Å²) in [7, 11) is 0. The van der Waals surface area contributed by atoms with Crippen molar-refractivity contribution in [1.82, 2.24) is 5.32 Å². The fourth-order valence-corrected chi connectivity index (χ4v) is 2.01. The van der Waals surface area contributed by atoms with Gasteiger partial charge in [0.05, 0.1) is 5.69 Å². The third-order valence-electron chi connectivity index (χ3n) is 2.81. The van der Waals surface area contributed by atoms with Crippen LogP contribution in [0.25, 0.3) is 0 Å². The summed E-state index contributed by atoms with van der Waals surface area (Å²) in [6.45, 7) is 4.66. The summed E-state index contributed by atoms with van der Waals surface area (Å²) in [5.41, 5.74) is 2.01. The van der Waals surface area contributed by atoms with Crippen LogP contribution in [0, 0.1) is 12.7 Å². The van der Waals surface area contributed by atoms with Gasteiger partial charge in [0, 0.05) is 5.56 Å². The molecule has 2 rings (SSSR count). The van der Waals surface area contributed by atoms with Gasteiger partial charge in [0.2, 0.25) is 5.91 Å². The van der Waals surface area contributed by atoms with Gasteiger partial charge in [-0.3, -0.25) is 4.79 Å². The molecular formula is C12H15FN2O. The predicted molar refractivity (Wildman–Crippen MR) is 60.8 cm³/mol. The van der Waals surface area contributed by atoms with Gasteiger partial charge in [0.25, 0.3) is 0 Å². The minimum Gasteiger partial charge on any atom is -0.322 e. The molecule has 1 atom stereocenters. The Labute approximate surface area is 94.0 Å². The molecule has 1 amide bonds. The van der Waals surface area contributed by atoms with E-state index in [1.165, 1.54) is 6.07 Å². The highest BCUT2D eigenvalue weighted by Crippen LogP contribution is 2.35. The first-order valence-corrected chi connectivity index (χ1v) is 5.48. The molecule has 0 radical (unpaired) electrons. The lowest BCUT2D eigenvalue weighted by atomic mass is 10.0. The fourth-order valence-electron chi connectivity index (χ4n) is 2.01. The Hall–Kier alpha value is -1.42. The van der Waals surface area contributed by atoms with Gasteiger partial charge in [-0.2, -0.15) is 0 Å². The molecule has 3 nitrogen and oxygen atoms in total. The smallest absolute Gasteiger partial charge is 0.246 e. The van der Waals surface area contributed by atoms with E-state index >= 15 is 0 Å². The second-order valence-electron chi connectivity index (χ2n) is 4.03. The lowest BCUT2D eigenvalue weighted by Gasteiger charge is -2.12. The summed E-state index contributed by atoms with van der Waals surface area (Å²) in [6, 6.07) is 2.68. The third kappa shape index (κ3) is 1.69. The van der Waals surface area contributed by atoms with Crippen molar-refractivity contribution in [3.05, 3.63) is 29.1 Å². The van der Waals surface area contributed by atoms with Gasteiger partial charge < -0.3 is 10.6 Å². The van der Waals surface area contributed by atoms with Crippen LogP contribution in [0.4, 0.5) is 10.1 Å². The molecule has 1 heterocycles. The summed E-state index contributed by atoms with van der Waals surface area (Å²) in [5.74, 6) is -0.536. The number of amides is 1. The summed E-state index contributed by atoms with van der Waals surface area (Å²) < 4.78 is 13.5. The molecule has 1 aliphatic heterocycles. The number of nitrogens with one attached hydrogen (secondary N) is 2. The summed E-state index contributed by atoms with van der Waals surface area (Å²) in [5, 5.41) is 5.72. The summed E-state index contributed by atoms with van der Waals surface area (Å²) >= 11 is 0. The van der Waals surface area contributed by atoms with Crippen molar-refractivity contribution in [2.75, 3.05) is 11.9 Å². The molecule has 0 bridgehead atoms. The van der Waals surface area contributed by atoms with E-state index in [1.807, 2.05) is 13.8 Å². The molecule has 2 N–H and O–H groups in total. The lowest BCUT2D eigenvalue weighted by molar-refractivity contribution is -0.117. The van der Waals surface area contributed by atoms with Crippen molar-refractivity contribution in [3.8, 4) is 0 Å². The normalized spacial score (nSPS) is 18.4. The van der Waals surface area contributed by atoms with E-state index in [9.17, 15) is 9.18 Å². The third-order valence-corrected chi connectivity index (χ3v) is 2.81. The molecule has 4 heteroatoms. The van der Waals surface area contributed by atoms with Crippen LogP contribution in [0.1, 0.15) is 30.5 Å². The second-order valence-corrected chi connectivity index (χ2v) is 4.03. The number of rotatable bonds is 3. The Bertz CT molecular complexity index is 431. The van der Waals surface area contributed by atoms with Gasteiger partial charge in [-0.15, -0.1) is 0 Å². The predicted octanol–water partition coefficient (Wildman–Crippen LogP) is 2.13. The standard InChI is InChI=1S/C12H15FN2O/c1-3-6-14-11-9-7(2)4-5-8(13)10(9)15-12(11)16/h4-5,11,14H,3,6H2,1-2H3,(H,15,16). The Balaban J connectivity index is 2.39. The molecule has 1 unspecified atom stereocenters. The highest BCUT2D eigenvalue weighted by Gasteiger charge is 2.33. The van der Waals surface area contributed by atoms with Crippen molar-refractivity contribution in [1.29, 1.82) is 0 Å². The average molecular weight is 222 g/mol. The number of fused-ring (bicyclic) bond motifs is 1. The van der Waals surface area contributed by atoms with Crippen LogP contribution in [0.2, 0.25) is 0 Å². The second kappa shape index (κ2) is 4.22. The quantitative estimate of drug-likeness (QED) is 0.822. The molecule has 0 fully saturated rings. The van der Waals surface area contributed by atoms with Gasteiger partial charge in [0.1, 0.15) is 11.9 Å². The maximum absolute atomic E-state index is 13.5. The van der Waals surface area contributed by atoms with E-state index < -0.39 is 6.04 Å². The zero-order chi connectivity index (χ0) is 11.7. The highest BCUT2D eigenvalue weighted by molar-refractivity contribution is 6.03. The molecule has 1 aromatic rings. The SMILES string of the molecule is CCCNC1C(=O)Nc2c(F)ccc(C)c21. The van der Waals surface area contributed by atoms with Gasteiger partial charge in [0.15, 0.2) is 0 Å². The largest absolute Gasteiger partial charge is 0.322 e. The highest BCUT2D eigenvalue weighted by atomic mass is 19.1. The first-order valence-electron chi connectivity index (χ1n) is 5.48. The van der Waals surface area contributed by atoms with E-state index in [1.54, 1.807) is 6.07 Å². The maximum atomic E-state index is 13.5. The number of anilines is 1. The minimum atomic E-state index is -0.411. The molecule has 86 valence electrons. The first-order chi connectivity index (χ1) is 7.65. The maximum Gasteiger partial charge on any atom is 0.246 e. The topological polar surface area (TPSA) is 41.1 Å². The van der Waals surface area contributed by atoms with Crippen molar-refractivity contribution in [2.24, 2.45) is 0 Å². The van der Waals surface area contributed by atoms with Crippen molar-refractivity contribution in [2.45, 2.75) is 26.3 Å². The van der Waals surface area contributed by atoms with Crippen molar-refractivity contribution in [3.63, 3.8) is 0 Å². The van der Waals surface area contributed by atoms with Crippen LogP contribution < -0.4 is 10.6 Å². The minimum absolute atomic E-state index is 0.170. The molecule has 0 saturated carbocycles. The molecular weight excluding hydrogens is 207 g/mol. The van der Waals surface area contributed by atoms with Gasteiger partial charge in [-0.25, -0.2) is 4.39 Å². The summed E-state index contributed by atoms with van der Waals surface area (Å²) in [4.78, 5) is 11.7. The lowest BCUT2D eigenvalue weighted by Crippen LogP contribution is -2.28. The monoisotopic (exact) mass is 222 g/mol. The molecule has 0 aromatic heterocycles. The number of hydrogen-bond acceptors (Lipinski definition) is 2. The van der Waals surface area contributed by atoms with Crippen LogP contribution in [0.15, 0.2) is 12.1 Å². The van der Waals surface area contributed by atoms with E-state index in [2.05, 4.69) is 10.6 Å². The fraction of sp³-hybridized carbons (Fsp3) is 0.417. The van der Waals surface area contributed by atoms with Gasteiger partial charge in [-0.05, 0) is 31.5 Å². The zero-order valence-corrected chi connectivity index (χ0v) is 9.43. The van der Waals surface area contributed by atoms with Crippen LogP contribution in [-0.2, 0) is 4.79 Å². The number of aryl methyl sites for hydroxylation is 1. The molecule has 1 aliphatic rings. The van der Waals surface area contributed by atoms with Crippen molar-refractivity contribution >= 4 is 11.6 Å². The van der Waals surface area contributed by atoms with E-state index in [4.69, 9.17) is 0 Å². The molecule has 0 spiro atoms. The Morgan fingerprint density at radius 3 is 2.94 bits per heavy atom. The summed E-state index contributed by atoms with van der Waals surface area (Å²) in [6.07, 6.45) is 0.938. The Kier molecular flexibility index (Phi) is 2.92. The Morgan fingerprint density at radius 2 is 2.25 bits per heavy atom. The van der Waals surface area contributed by atoms with Crippen molar-refractivity contribution < 1.29 is 9.18 Å². The molecule has 16 heavy (non-hydrogen) atoms. The van der Waals surface area contributed by atoms with Crippen LogP contribution in [0.5, 0.6) is 0 Å². The number of carbonyl (C=O) groups is 1. The average Bonchev–Trinajstić information content (AvgIpc) is 2.59. The number of hydrogen-bond donors (Lipinski definition) is 2. The van der Waals surface area contributed by atoms with Gasteiger partial charge in [-0.1, -0.05) is 13.0 Å². The van der Waals surface area contributed by atoms with Crippen LogP contribution in [-0.4, -0.2) is 12.5 Å². The van der Waals surface area contributed by atoms with Crippen LogP contribution >= 0.6 is 0 Å². The number of benzene rings is 1. The number of halogens is 1. The van der Waals surface area contributed by atoms with E-state index in [0.29, 0.717) is 5.69 Å². The van der Waals surface area contributed by atoms with E-state index in [-0.39, 0.29) is 11.7 Å². The van der Waals surface area contributed by atoms with Crippen LogP contribution in [0.3, 0.4) is 0 Å². The van der Waals surface area contributed by atoms with Gasteiger partial charge >= 0.3 is 0 Å². The molecule has 0 saturated heterocycles. The molecule has 0 aliphatic carbocycles. The molecule has 1 aromatic carbocycles. The number of carbonyl (C=O) groups excluding carboxylic acids is 1. The first kappa shape index (κ1) is 11.1. The zero-order valence-electron chi connectivity index (χ0n) is 9.43. The Morgan fingerprint density at radius 1 is 1.50 bits per heavy atom.